The molecule has 0 aromatic heterocycles. The number of hydrogen-bond acceptors (Lipinski definition) is 1. The first-order chi connectivity index (χ1) is 9.13. The highest BCUT2D eigenvalue weighted by atomic mass is 79.9. The Morgan fingerprint density at radius 1 is 1.53 bits per heavy atom. The number of carbonyl (C=O) groups excluding carboxylic acids is 1. The number of benzene rings is 1. The van der Waals surface area contributed by atoms with Gasteiger partial charge < -0.3 is 4.90 Å². The fraction of sp³-hybridized carbons (Fsp3) is 0.500. The molecule has 0 radical (unpaired) electrons. The SMILES string of the molecule is O=C(c1ccc(Br)cc1F)N1CCCC1CCCCl. The highest BCUT2D eigenvalue weighted by Gasteiger charge is 2.30. The second-order valence-corrected chi connectivity index (χ2v) is 6.04. The van der Waals surface area contributed by atoms with E-state index in [9.17, 15) is 9.18 Å². The Kier molecular flexibility index (Phi) is 5.22. The predicted octanol–water partition coefficient (Wildman–Crippen LogP) is 4.21. The fourth-order valence-electron chi connectivity index (χ4n) is 2.53. The number of amides is 1. The van der Waals surface area contributed by atoms with Gasteiger partial charge in [-0.3, -0.25) is 4.79 Å². The number of hydrogen-bond donors (Lipinski definition) is 0. The molecule has 1 atom stereocenters. The van der Waals surface area contributed by atoms with Crippen LogP contribution < -0.4 is 0 Å². The number of halogens is 3. The van der Waals surface area contributed by atoms with Gasteiger partial charge in [-0.1, -0.05) is 15.9 Å². The number of rotatable bonds is 4. The highest BCUT2D eigenvalue weighted by Crippen LogP contribution is 2.25. The van der Waals surface area contributed by atoms with Gasteiger partial charge in [-0.05, 0) is 43.9 Å². The van der Waals surface area contributed by atoms with Gasteiger partial charge in [0, 0.05) is 22.9 Å². The van der Waals surface area contributed by atoms with E-state index in [0.717, 1.165) is 25.7 Å². The van der Waals surface area contributed by atoms with Crippen molar-refractivity contribution < 1.29 is 9.18 Å². The van der Waals surface area contributed by atoms with Crippen LogP contribution in [0.4, 0.5) is 4.39 Å². The van der Waals surface area contributed by atoms with Gasteiger partial charge in [-0.15, -0.1) is 11.6 Å². The number of likely N-dealkylation sites (tertiary alicyclic amines) is 1. The van der Waals surface area contributed by atoms with Crippen LogP contribution in [0.3, 0.4) is 0 Å². The van der Waals surface area contributed by atoms with Crippen LogP contribution >= 0.6 is 27.5 Å². The summed E-state index contributed by atoms with van der Waals surface area (Å²) in [7, 11) is 0. The molecule has 1 aromatic carbocycles. The van der Waals surface area contributed by atoms with E-state index in [4.69, 9.17) is 11.6 Å². The van der Waals surface area contributed by atoms with Gasteiger partial charge in [0.1, 0.15) is 5.82 Å². The first kappa shape index (κ1) is 14.8. The summed E-state index contributed by atoms with van der Waals surface area (Å²) in [5.74, 6) is -0.0741. The van der Waals surface area contributed by atoms with Crippen molar-refractivity contribution in [3.05, 3.63) is 34.1 Å². The van der Waals surface area contributed by atoms with Crippen molar-refractivity contribution in [1.29, 1.82) is 0 Å². The summed E-state index contributed by atoms with van der Waals surface area (Å²) in [6, 6.07) is 4.77. The van der Waals surface area contributed by atoms with E-state index in [1.807, 2.05) is 0 Å². The molecule has 104 valence electrons. The third kappa shape index (κ3) is 3.48. The average molecular weight is 349 g/mol. The minimum absolute atomic E-state index is 0.154. The minimum Gasteiger partial charge on any atom is -0.336 e. The maximum atomic E-state index is 13.8. The van der Waals surface area contributed by atoms with E-state index in [1.165, 1.54) is 6.07 Å². The summed E-state index contributed by atoms with van der Waals surface area (Å²) in [5, 5.41) is 0. The highest BCUT2D eigenvalue weighted by molar-refractivity contribution is 9.10. The zero-order valence-corrected chi connectivity index (χ0v) is 12.9. The Morgan fingerprint density at radius 2 is 2.32 bits per heavy atom. The lowest BCUT2D eigenvalue weighted by Gasteiger charge is -2.24. The lowest BCUT2D eigenvalue weighted by molar-refractivity contribution is 0.0725. The lowest BCUT2D eigenvalue weighted by Crippen LogP contribution is -2.36. The quantitative estimate of drug-likeness (QED) is 0.746. The van der Waals surface area contributed by atoms with Crippen LogP contribution in [0.1, 0.15) is 36.0 Å². The minimum atomic E-state index is -0.470. The standard InChI is InChI=1S/C14H16BrClFNO/c15-10-5-6-12(13(17)9-10)14(19)18-8-2-4-11(18)3-1-7-16/h5-6,9,11H,1-4,7-8H2. The van der Waals surface area contributed by atoms with Crippen molar-refractivity contribution in [2.24, 2.45) is 0 Å². The number of nitrogens with zero attached hydrogens (tertiary/aromatic N) is 1. The predicted molar refractivity (Wildman–Crippen MR) is 78.1 cm³/mol. The Morgan fingerprint density at radius 3 is 3.00 bits per heavy atom. The van der Waals surface area contributed by atoms with Crippen LogP contribution in [-0.2, 0) is 0 Å². The number of alkyl halides is 1. The molecule has 0 bridgehead atoms. The van der Waals surface area contributed by atoms with Crippen LogP contribution in [0.5, 0.6) is 0 Å². The van der Waals surface area contributed by atoms with E-state index in [1.54, 1.807) is 17.0 Å². The average Bonchev–Trinajstić information content (AvgIpc) is 2.83. The molecule has 1 unspecified atom stereocenters. The number of carbonyl (C=O) groups is 1. The summed E-state index contributed by atoms with van der Waals surface area (Å²) >= 11 is 8.89. The van der Waals surface area contributed by atoms with E-state index in [2.05, 4.69) is 15.9 Å². The monoisotopic (exact) mass is 347 g/mol. The molecule has 0 N–H and O–H groups in total. The molecule has 1 fully saturated rings. The Labute approximate surface area is 126 Å². The zero-order valence-electron chi connectivity index (χ0n) is 10.5. The second-order valence-electron chi connectivity index (χ2n) is 4.75. The third-order valence-electron chi connectivity index (χ3n) is 3.47. The molecule has 0 spiro atoms. The van der Waals surface area contributed by atoms with Gasteiger partial charge in [0.25, 0.3) is 5.91 Å². The zero-order chi connectivity index (χ0) is 13.8. The van der Waals surface area contributed by atoms with Gasteiger partial charge in [-0.2, -0.15) is 0 Å². The largest absolute Gasteiger partial charge is 0.336 e. The van der Waals surface area contributed by atoms with Crippen molar-refractivity contribution >= 4 is 33.4 Å². The summed E-state index contributed by atoms with van der Waals surface area (Å²) < 4.78 is 14.5. The molecule has 0 aliphatic carbocycles. The van der Waals surface area contributed by atoms with E-state index in [0.29, 0.717) is 16.9 Å². The summed E-state index contributed by atoms with van der Waals surface area (Å²) in [6.07, 6.45) is 3.75. The molecule has 2 nitrogen and oxygen atoms in total. The van der Waals surface area contributed by atoms with Gasteiger partial charge in [0.2, 0.25) is 0 Å². The van der Waals surface area contributed by atoms with E-state index < -0.39 is 5.82 Å². The second kappa shape index (κ2) is 6.71. The van der Waals surface area contributed by atoms with Gasteiger partial charge >= 0.3 is 0 Å². The molecule has 19 heavy (non-hydrogen) atoms. The van der Waals surface area contributed by atoms with Crippen molar-refractivity contribution in [2.75, 3.05) is 12.4 Å². The smallest absolute Gasteiger partial charge is 0.257 e. The van der Waals surface area contributed by atoms with Crippen molar-refractivity contribution in [3.63, 3.8) is 0 Å². The molecule has 1 aliphatic heterocycles. The molecular formula is C14H16BrClFNO. The van der Waals surface area contributed by atoms with E-state index >= 15 is 0 Å². The molecule has 1 aliphatic rings. The summed E-state index contributed by atoms with van der Waals surface area (Å²) in [5.41, 5.74) is 0.154. The first-order valence-corrected chi connectivity index (χ1v) is 7.78. The Balaban J connectivity index is 2.13. The molecule has 1 heterocycles. The van der Waals surface area contributed by atoms with Crippen LogP contribution in [0.15, 0.2) is 22.7 Å². The molecule has 2 rings (SSSR count). The van der Waals surface area contributed by atoms with Crippen molar-refractivity contribution in [1.82, 2.24) is 4.90 Å². The Hall–Kier alpha value is -0.610. The molecule has 1 saturated heterocycles. The van der Waals surface area contributed by atoms with Gasteiger partial charge in [0.15, 0.2) is 0 Å². The summed E-state index contributed by atoms with van der Waals surface area (Å²) in [4.78, 5) is 14.2. The van der Waals surface area contributed by atoms with Crippen molar-refractivity contribution in [2.45, 2.75) is 31.7 Å². The molecule has 0 saturated carbocycles. The van der Waals surface area contributed by atoms with Crippen LogP contribution in [0.25, 0.3) is 0 Å². The van der Waals surface area contributed by atoms with Crippen LogP contribution in [0, 0.1) is 5.82 Å². The maximum absolute atomic E-state index is 13.8. The topological polar surface area (TPSA) is 20.3 Å². The van der Waals surface area contributed by atoms with Crippen LogP contribution in [-0.4, -0.2) is 29.3 Å². The van der Waals surface area contributed by atoms with Gasteiger partial charge in [0.05, 0.1) is 5.56 Å². The third-order valence-corrected chi connectivity index (χ3v) is 4.23. The molecule has 5 heteroatoms. The maximum Gasteiger partial charge on any atom is 0.257 e. The summed E-state index contributed by atoms with van der Waals surface area (Å²) in [6.45, 7) is 0.710. The normalized spacial score (nSPS) is 18.9. The first-order valence-electron chi connectivity index (χ1n) is 6.45. The van der Waals surface area contributed by atoms with Crippen LogP contribution in [0.2, 0.25) is 0 Å². The van der Waals surface area contributed by atoms with Gasteiger partial charge in [-0.25, -0.2) is 4.39 Å². The molecule has 1 aromatic rings. The van der Waals surface area contributed by atoms with Crippen molar-refractivity contribution in [3.8, 4) is 0 Å². The fourth-order valence-corrected chi connectivity index (χ4v) is 3.02. The Bertz CT molecular complexity index is 469. The van der Waals surface area contributed by atoms with E-state index in [-0.39, 0.29) is 17.5 Å². The molecule has 1 amide bonds. The lowest BCUT2D eigenvalue weighted by atomic mass is 10.1. The molecular weight excluding hydrogens is 333 g/mol.